The van der Waals surface area contributed by atoms with Crippen LogP contribution in [-0.2, 0) is 22.6 Å². The first-order chi connectivity index (χ1) is 16.2. The molecule has 0 saturated heterocycles. The number of esters is 2. The van der Waals surface area contributed by atoms with Crippen molar-refractivity contribution in [3.05, 3.63) is 87.7 Å². The molecule has 0 fully saturated rings. The van der Waals surface area contributed by atoms with Crippen LogP contribution in [0.4, 0.5) is 10.5 Å². The van der Waals surface area contributed by atoms with E-state index in [1.54, 1.807) is 0 Å². The Morgan fingerprint density at radius 2 is 1.59 bits per heavy atom. The zero-order valence-electron chi connectivity index (χ0n) is 20.0. The monoisotopic (exact) mass is 463 g/mol. The highest BCUT2D eigenvalue weighted by atomic mass is 16.5. The summed E-state index contributed by atoms with van der Waals surface area (Å²) in [4.78, 5) is 36.6. The van der Waals surface area contributed by atoms with E-state index in [1.165, 1.54) is 54.7 Å². The molecule has 0 spiro atoms. The first-order valence-electron chi connectivity index (χ1n) is 10.8. The smallest absolute Gasteiger partial charge is 0.339 e. The molecule has 1 heterocycles. The van der Waals surface area contributed by atoms with Crippen molar-refractivity contribution >= 4 is 23.7 Å². The van der Waals surface area contributed by atoms with Crippen LogP contribution >= 0.6 is 0 Å². The molecule has 1 aromatic heterocycles. The summed E-state index contributed by atoms with van der Waals surface area (Å²) in [5.74, 6) is -1.22. The van der Waals surface area contributed by atoms with E-state index in [2.05, 4.69) is 48.1 Å². The van der Waals surface area contributed by atoms with Crippen LogP contribution in [0.25, 0.3) is 0 Å². The number of nitrogens with zero attached hydrogens (tertiary/aromatic N) is 1. The number of carbonyl (C=O) groups is 3. The summed E-state index contributed by atoms with van der Waals surface area (Å²) in [7, 11) is 2.50. The second kappa shape index (κ2) is 10.7. The van der Waals surface area contributed by atoms with E-state index in [0.29, 0.717) is 6.54 Å². The van der Waals surface area contributed by atoms with Crippen molar-refractivity contribution in [1.29, 1.82) is 0 Å². The molecule has 8 heteroatoms. The van der Waals surface area contributed by atoms with Crippen molar-refractivity contribution in [2.75, 3.05) is 19.5 Å². The van der Waals surface area contributed by atoms with Crippen LogP contribution in [0.5, 0.6) is 0 Å². The maximum Gasteiger partial charge on any atom is 0.339 e. The number of hydrogen-bond acceptors (Lipinski definition) is 5. The van der Waals surface area contributed by atoms with Crippen molar-refractivity contribution in [3.63, 3.8) is 0 Å². The summed E-state index contributed by atoms with van der Waals surface area (Å²) in [5.41, 5.74) is 6.32. The Bertz CT molecular complexity index is 1210. The fourth-order valence-corrected chi connectivity index (χ4v) is 3.91. The van der Waals surface area contributed by atoms with Gasteiger partial charge >= 0.3 is 18.0 Å². The van der Waals surface area contributed by atoms with Crippen molar-refractivity contribution in [2.45, 2.75) is 33.9 Å². The molecule has 0 radical (unpaired) electrons. The molecule has 3 aromatic rings. The van der Waals surface area contributed by atoms with Gasteiger partial charge in [0.1, 0.15) is 0 Å². The van der Waals surface area contributed by atoms with Gasteiger partial charge in [0.15, 0.2) is 0 Å². The molecule has 34 heavy (non-hydrogen) atoms. The predicted octanol–water partition coefficient (Wildman–Crippen LogP) is 4.36. The lowest BCUT2D eigenvalue weighted by Crippen LogP contribution is -2.30. The van der Waals surface area contributed by atoms with Crippen molar-refractivity contribution in [2.24, 2.45) is 0 Å². The van der Waals surface area contributed by atoms with Gasteiger partial charge in [-0.25, -0.2) is 14.4 Å². The van der Waals surface area contributed by atoms with E-state index < -0.39 is 18.0 Å². The van der Waals surface area contributed by atoms with Gasteiger partial charge in [-0.1, -0.05) is 17.7 Å². The molecule has 0 aliphatic heterocycles. The summed E-state index contributed by atoms with van der Waals surface area (Å²) in [6, 6.07) is 11.9. The molecule has 178 valence electrons. The van der Waals surface area contributed by atoms with Gasteiger partial charge in [0.25, 0.3) is 0 Å². The lowest BCUT2D eigenvalue weighted by Gasteiger charge is -2.16. The Balaban J connectivity index is 1.73. The lowest BCUT2D eigenvalue weighted by atomic mass is 10.00. The molecule has 8 nitrogen and oxygen atoms in total. The molecular weight excluding hydrogens is 434 g/mol. The SMILES string of the molecule is COC(=O)c1ccc(C(=O)OC)c(NC(=O)NCc2cccn2Cc2c(C)cc(C)cc2C)c1. The number of nitrogens with one attached hydrogen (secondary N) is 2. The van der Waals surface area contributed by atoms with Crippen LogP contribution in [0, 0.1) is 20.8 Å². The minimum atomic E-state index is -0.635. The largest absolute Gasteiger partial charge is 0.465 e. The molecule has 0 atom stereocenters. The van der Waals surface area contributed by atoms with E-state index >= 15 is 0 Å². The Kier molecular flexibility index (Phi) is 7.73. The number of anilines is 1. The molecule has 2 aromatic carbocycles. The number of carbonyl (C=O) groups excluding carboxylic acids is 3. The van der Waals surface area contributed by atoms with Gasteiger partial charge in [-0.05, 0) is 67.8 Å². The highest BCUT2D eigenvalue weighted by Crippen LogP contribution is 2.21. The number of hydrogen-bond donors (Lipinski definition) is 2. The van der Waals surface area contributed by atoms with Gasteiger partial charge < -0.3 is 24.7 Å². The minimum Gasteiger partial charge on any atom is -0.465 e. The average Bonchev–Trinajstić information content (AvgIpc) is 3.26. The quantitative estimate of drug-likeness (QED) is 0.508. The number of aryl methyl sites for hydroxylation is 3. The standard InChI is InChI=1S/C26H29N3O5/c1-16-11-17(2)22(18(3)12-16)15-29-10-6-7-20(29)14-27-26(32)28-23-13-19(24(30)33-4)8-9-21(23)25(31)34-5/h6-13H,14-15H2,1-5H3,(H2,27,28,32). The highest BCUT2D eigenvalue weighted by Gasteiger charge is 2.17. The molecule has 3 rings (SSSR count). The van der Waals surface area contributed by atoms with Gasteiger partial charge in [0, 0.05) is 18.4 Å². The molecule has 0 saturated carbocycles. The maximum atomic E-state index is 12.6. The van der Waals surface area contributed by atoms with Gasteiger partial charge in [-0.2, -0.15) is 0 Å². The molecule has 0 aliphatic rings. The summed E-state index contributed by atoms with van der Waals surface area (Å²) in [6.07, 6.45) is 1.98. The third-order valence-electron chi connectivity index (χ3n) is 5.62. The van der Waals surface area contributed by atoms with Gasteiger partial charge in [-0.3, -0.25) is 0 Å². The normalized spacial score (nSPS) is 10.5. The van der Waals surface area contributed by atoms with E-state index in [9.17, 15) is 14.4 Å². The van der Waals surface area contributed by atoms with Crippen LogP contribution in [0.1, 0.15) is 48.7 Å². The average molecular weight is 464 g/mol. The summed E-state index contributed by atoms with van der Waals surface area (Å²) < 4.78 is 11.6. The van der Waals surface area contributed by atoms with Crippen molar-refractivity contribution < 1.29 is 23.9 Å². The molecule has 0 bridgehead atoms. The zero-order chi connectivity index (χ0) is 24.8. The minimum absolute atomic E-state index is 0.124. The number of amides is 2. The fraction of sp³-hybridized carbons (Fsp3) is 0.269. The topological polar surface area (TPSA) is 98.7 Å². The first kappa shape index (κ1) is 24.6. The fourth-order valence-electron chi connectivity index (χ4n) is 3.91. The number of urea groups is 1. The Hall–Kier alpha value is -4.07. The van der Waals surface area contributed by atoms with Crippen LogP contribution in [0.3, 0.4) is 0 Å². The molecule has 2 N–H and O–H groups in total. The Morgan fingerprint density at radius 3 is 2.24 bits per heavy atom. The second-order valence-electron chi connectivity index (χ2n) is 8.06. The Labute approximate surface area is 198 Å². The Morgan fingerprint density at radius 1 is 0.912 bits per heavy atom. The number of methoxy groups -OCH3 is 2. The van der Waals surface area contributed by atoms with Crippen LogP contribution in [-0.4, -0.2) is 36.8 Å². The van der Waals surface area contributed by atoms with Crippen LogP contribution < -0.4 is 10.6 Å². The number of benzene rings is 2. The highest BCUT2D eigenvalue weighted by molar-refractivity contribution is 6.03. The van der Waals surface area contributed by atoms with Crippen LogP contribution in [0.2, 0.25) is 0 Å². The predicted molar refractivity (Wildman–Crippen MR) is 129 cm³/mol. The third-order valence-corrected chi connectivity index (χ3v) is 5.62. The van der Waals surface area contributed by atoms with Gasteiger partial charge in [-0.15, -0.1) is 0 Å². The third kappa shape index (κ3) is 5.64. The second-order valence-corrected chi connectivity index (χ2v) is 8.06. The lowest BCUT2D eigenvalue weighted by molar-refractivity contribution is 0.0587. The summed E-state index contributed by atoms with van der Waals surface area (Å²) in [6.45, 7) is 7.25. The molecule has 0 aliphatic carbocycles. The zero-order valence-corrected chi connectivity index (χ0v) is 20.0. The van der Waals surface area contributed by atoms with Crippen molar-refractivity contribution in [1.82, 2.24) is 9.88 Å². The van der Waals surface area contributed by atoms with E-state index in [1.807, 2.05) is 18.3 Å². The van der Waals surface area contributed by atoms with Crippen molar-refractivity contribution in [3.8, 4) is 0 Å². The van der Waals surface area contributed by atoms with E-state index in [-0.39, 0.29) is 23.4 Å². The molecule has 2 amide bonds. The van der Waals surface area contributed by atoms with E-state index in [4.69, 9.17) is 9.47 Å². The van der Waals surface area contributed by atoms with Crippen LogP contribution in [0.15, 0.2) is 48.7 Å². The number of aromatic nitrogens is 1. The number of ether oxygens (including phenoxy) is 2. The molecule has 0 unspecified atom stereocenters. The summed E-state index contributed by atoms with van der Waals surface area (Å²) >= 11 is 0. The summed E-state index contributed by atoms with van der Waals surface area (Å²) in [5, 5.41) is 5.44. The number of rotatable bonds is 7. The molecular formula is C26H29N3O5. The van der Waals surface area contributed by atoms with Gasteiger partial charge in [0.05, 0.1) is 37.6 Å². The van der Waals surface area contributed by atoms with E-state index in [0.717, 1.165) is 5.69 Å². The first-order valence-corrected chi connectivity index (χ1v) is 10.8. The maximum absolute atomic E-state index is 12.6. The van der Waals surface area contributed by atoms with Gasteiger partial charge in [0.2, 0.25) is 0 Å².